The average Bonchev–Trinajstić information content (AvgIpc) is 2.69. The van der Waals surface area contributed by atoms with Gasteiger partial charge in [0.25, 0.3) is 0 Å². The second-order valence-electron chi connectivity index (χ2n) is 4.84. The molecule has 1 aromatic carbocycles. The second kappa shape index (κ2) is 4.98. The van der Waals surface area contributed by atoms with Gasteiger partial charge in [-0.1, -0.05) is 24.3 Å². The zero-order chi connectivity index (χ0) is 11.5. The van der Waals surface area contributed by atoms with Gasteiger partial charge in [0.1, 0.15) is 0 Å². The van der Waals surface area contributed by atoms with Crippen LogP contribution in [0.3, 0.4) is 0 Å². The van der Waals surface area contributed by atoms with Crippen LogP contribution in [0.15, 0.2) is 24.3 Å². The first-order valence-corrected chi connectivity index (χ1v) is 6.25. The van der Waals surface area contributed by atoms with Crippen LogP contribution in [0.2, 0.25) is 0 Å². The summed E-state index contributed by atoms with van der Waals surface area (Å²) >= 11 is 0. The molecule has 0 radical (unpaired) electrons. The number of nitrogens with two attached hydrogens (primary N) is 1. The second-order valence-corrected chi connectivity index (χ2v) is 4.84. The Morgan fingerprint density at radius 2 is 2.19 bits per heavy atom. The molecule has 1 saturated heterocycles. The third-order valence-electron chi connectivity index (χ3n) is 3.78. The summed E-state index contributed by atoms with van der Waals surface area (Å²) in [5.41, 5.74) is 8.73. The monoisotopic (exact) mass is 218 g/mol. The van der Waals surface area contributed by atoms with Gasteiger partial charge < -0.3 is 5.73 Å². The summed E-state index contributed by atoms with van der Waals surface area (Å²) in [4.78, 5) is 2.56. The Morgan fingerprint density at radius 1 is 1.44 bits per heavy atom. The molecule has 1 aromatic rings. The predicted octanol–water partition coefficient (Wildman–Crippen LogP) is 2.48. The van der Waals surface area contributed by atoms with E-state index in [0.717, 1.165) is 6.54 Å². The van der Waals surface area contributed by atoms with Crippen LogP contribution in [0.25, 0.3) is 0 Å². The van der Waals surface area contributed by atoms with E-state index in [1.54, 1.807) is 0 Å². The SMILES string of the molecule is Cc1ccccc1C(CN)N1CCCC1C. The first-order valence-electron chi connectivity index (χ1n) is 6.25. The van der Waals surface area contributed by atoms with Crippen molar-refractivity contribution in [1.82, 2.24) is 4.90 Å². The lowest BCUT2D eigenvalue weighted by Gasteiger charge is -2.31. The number of hydrogen-bond acceptors (Lipinski definition) is 2. The molecular formula is C14H22N2. The molecule has 1 aliphatic heterocycles. The van der Waals surface area contributed by atoms with Crippen molar-refractivity contribution in [3.05, 3.63) is 35.4 Å². The molecule has 16 heavy (non-hydrogen) atoms. The minimum absolute atomic E-state index is 0.402. The zero-order valence-electron chi connectivity index (χ0n) is 10.3. The van der Waals surface area contributed by atoms with Crippen molar-refractivity contribution >= 4 is 0 Å². The van der Waals surface area contributed by atoms with Crippen LogP contribution in [0.5, 0.6) is 0 Å². The van der Waals surface area contributed by atoms with Crippen LogP contribution in [-0.2, 0) is 0 Å². The van der Waals surface area contributed by atoms with Gasteiger partial charge in [-0.25, -0.2) is 0 Å². The van der Waals surface area contributed by atoms with Crippen molar-refractivity contribution in [1.29, 1.82) is 0 Å². The van der Waals surface area contributed by atoms with Crippen molar-refractivity contribution in [2.75, 3.05) is 13.1 Å². The van der Waals surface area contributed by atoms with E-state index in [1.165, 1.54) is 30.5 Å². The molecule has 0 spiro atoms. The van der Waals surface area contributed by atoms with E-state index in [4.69, 9.17) is 5.73 Å². The molecule has 0 amide bonds. The zero-order valence-corrected chi connectivity index (χ0v) is 10.3. The van der Waals surface area contributed by atoms with E-state index in [9.17, 15) is 0 Å². The Hall–Kier alpha value is -0.860. The van der Waals surface area contributed by atoms with Gasteiger partial charge in [-0.05, 0) is 44.4 Å². The van der Waals surface area contributed by atoms with Gasteiger partial charge in [-0.2, -0.15) is 0 Å². The molecule has 0 bridgehead atoms. The molecule has 2 heteroatoms. The minimum atomic E-state index is 0.402. The van der Waals surface area contributed by atoms with E-state index in [1.807, 2.05) is 0 Å². The number of aryl methyl sites for hydroxylation is 1. The van der Waals surface area contributed by atoms with E-state index < -0.39 is 0 Å². The summed E-state index contributed by atoms with van der Waals surface area (Å²) in [5, 5.41) is 0. The van der Waals surface area contributed by atoms with Crippen LogP contribution in [-0.4, -0.2) is 24.0 Å². The molecule has 1 aliphatic rings. The van der Waals surface area contributed by atoms with Crippen LogP contribution >= 0.6 is 0 Å². The van der Waals surface area contributed by atoms with Crippen molar-refractivity contribution in [2.24, 2.45) is 5.73 Å². The molecule has 1 fully saturated rings. The summed E-state index contributed by atoms with van der Waals surface area (Å²) in [6, 6.07) is 9.69. The number of benzene rings is 1. The largest absolute Gasteiger partial charge is 0.329 e. The highest BCUT2D eigenvalue weighted by Crippen LogP contribution is 2.29. The van der Waals surface area contributed by atoms with Crippen LogP contribution < -0.4 is 5.73 Å². The molecule has 1 heterocycles. The molecule has 2 unspecified atom stereocenters. The first-order chi connectivity index (χ1) is 7.74. The maximum Gasteiger partial charge on any atom is 0.0475 e. The minimum Gasteiger partial charge on any atom is -0.329 e. The van der Waals surface area contributed by atoms with Crippen LogP contribution in [0, 0.1) is 6.92 Å². The Kier molecular flexibility index (Phi) is 3.62. The van der Waals surface area contributed by atoms with Crippen molar-refractivity contribution < 1.29 is 0 Å². The quantitative estimate of drug-likeness (QED) is 0.844. The molecule has 88 valence electrons. The fourth-order valence-corrected chi connectivity index (χ4v) is 2.82. The Labute approximate surface area is 98.4 Å². The summed E-state index contributed by atoms with van der Waals surface area (Å²) < 4.78 is 0. The summed E-state index contributed by atoms with van der Waals surface area (Å²) in [5.74, 6) is 0. The molecule has 0 aromatic heterocycles. The van der Waals surface area contributed by atoms with Crippen LogP contribution in [0.4, 0.5) is 0 Å². The fraction of sp³-hybridized carbons (Fsp3) is 0.571. The number of likely N-dealkylation sites (tertiary alicyclic amines) is 1. The Balaban J connectivity index is 2.25. The molecule has 0 saturated carbocycles. The molecule has 2 atom stereocenters. The summed E-state index contributed by atoms with van der Waals surface area (Å²) in [6.07, 6.45) is 2.62. The van der Waals surface area contributed by atoms with E-state index in [-0.39, 0.29) is 0 Å². The van der Waals surface area contributed by atoms with Gasteiger partial charge in [0, 0.05) is 18.6 Å². The predicted molar refractivity (Wildman–Crippen MR) is 68.4 cm³/mol. The highest BCUT2D eigenvalue weighted by atomic mass is 15.2. The smallest absolute Gasteiger partial charge is 0.0475 e. The van der Waals surface area contributed by atoms with Gasteiger partial charge in [0.15, 0.2) is 0 Å². The van der Waals surface area contributed by atoms with E-state index in [2.05, 4.69) is 43.0 Å². The topological polar surface area (TPSA) is 29.3 Å². The summed E-state index contributed by atoms with van der Waals surface area (Å²) in [7, 11) is 0. The van der Waals surface area contributed by atoms with Crippen molar-refractivity contribution in [3.8, 4) is 0 Å². The van der Waals surface area contributed by atoms with E-state index in [0.29, 0.717) is 12.1 Å². The van der Waals surface area contributed by atoms with Crippen molar-refractivity contribution in [2.45, 2.75) is 38.8 Å². The molecule has 2 nitrogen and oxygen atoms in total. The summed E-state index contributed by atoms with van der Waals surface area (Å²) in [6.45, 7) is 6.40. The lowest BCUT2D eigenvalue weighted by molar-refractivity contribution is 0.195. The lowest BCUT2D eigenvalue weighted by atomic mass is 9.99. The van der Waals surface area contributed by atoms with Gasteiger partial charge in [-0.3, -0.25) is 4.90 Å². The van der Waals surface area contributed by atoms with Crippen LogP contribution in [0.1, 0.15) is 36.9 Å². The highest BCUT2D eigenvalue weighted by Gasteiger charge is 2.28. The van der Waals surface area contributed by atoms with Gasteiger partial charge in [0.05, 0.1) is 0 Å². The molecule has 2 N–H and O–H groups in total. The molecular weight excluding hydrogens is 196 g/mol. The lowest BCUT2D eigenvalue weighted by Crippen LogP contribution is -2.36. The molecule has 2 rings (SSSR count). The highest BCUT2D eigenvalue weighted by molar-refractivity contribution is 5.29. The Morgan fingerprint density at radius 3 is 2.75 bits per heavy atom. The van der Waals surface area contributed by atoms with Gasteiger partial charge in [-0.15, -0.1) is 0 Å². The molecule has 0 aliphatic carbocycles. The maximum atomic E-state index is 5.97. The fourth-order valence-electron chi connectivity index (χ4n) is 2.82. The maximum absolute atomic E-state index is 5.97. The first kappa shape index (κ1) is 11.6. The third kappa shape index (κ3) is 2.13. The number of rotatable bonds is 3. The van der Waals surface area contributed by atoms with Gasteiger partial charge >= 0.3 is 0 Å². The third-order valence-corrected chi connectivity index (χ3v) is 3.78. The average molecular weight is 218 g/mol. The van der Waals surface area contributed by atoms with Crippen molar-refractivity contribution in [3.63, 3.8) is 0 Å². The standard InChI is InChI=1S/C14H22N2/c1-11-6-3-4-8-13(11)14(10-15)16-9-5-7-12(16)2/h3-4,6,8,12,14H,5,7,9-10,15H2,1-2H3. The normalized spacial score (nSPS) is 23.6. The Bertz CT molecular complexity index is 348. The number of nitrogens with zero attached hydrogens (tertiary/aromatic N) is 1. The number of hydrogen-bond donors (Lipinski definition) is 1. The van der Waals surface area contributed by atoms with Gasteiger partial charge in [0.2, 0.25) is 0 Å². The van der Waals surface area contributed by atoms with E-state index >= 15 is 0 Å².